The predicted molar refractivity (Wildman–Crippen MR) is 119 cm³/mol. The highest BCUT2D eigenvalue weighted by atomic mass is 127. The molecule has 0 aliphatic heterocycles. The van der Waals surface area contributed by atoms with Gasteiger partial charge >= 0.3 is 0 Å². The molecular weight excluding hydrogens is 460 g/mol. The summed E-state index contributed by atoms with van der Waals surface area (Å²) in [6.07, 6.45) is 6.16. The van der Waals surface area contributed by atoms with E-state index in [0.717, 1.165) is 32.1 Å². The highest BCUT2D eigenvalue weighted by Crippen LogP contribution is 2.40. The molecule has 2 N–H and O–H groups in total. The third-order valence-electron chi connectivity index (χ3n) is 4.96. The molecule has 1 aromatic rings. The molecule has 2 rings (SSSR count). The van der Waals surface area contributed by atoms with Crippen molar-refractivity contribution in [1.29, 1.82) is 0 Å². The van der Waals surface area contributed by atoms with E-state index in [0.29, 0.717) is 24.3 Å². The summed E-state index contributed by atoms with van der Waals surface area (Å²) in [6.45, 7) is 5.59. The molecule has 1 aliphatic rings. The molecule has 154 valence electrons. The number of rotatable bonds is 10. The Bertz CT molecular complexity index is 566. The smallest absolute Gasteiger partial charge is 0.191 e. The van der Waals surface area contributed by atoms with E-state index in [1.54, 1.807) is 19.2 Å². The summed E-state index contributed by atoms with van der Waals surface area (Å²) >= 11 is 0. The predicted octanol–water partition coefficient (Wildman–Crippen LogP) is 3.97. The lowest BCUT2D eigenvalue weighted by Crippen LogP contribution is -2.44. The molecule has 0 unspecified atom stereocenters. The second-order valence-corrected chi connectivity index (χ2v) is 6.81. The number of halogens is 2. The van der Waals surface area contributed by atoms with Crippen molar-refractivity contribution in [2.24, 2.45) is 10.4 Å². The van der Waals surface area contributed by atoms with Crippen molar-refractivity contribution in [2.75, 3.05) is 40.0 Å². The minimum Gasteiger partial charge on any atom is -0.492 e. The highest BCUT2D eigenvalue weighted by Gasteiger charge is 2.33. The third-order valence-corrected chi connectivity index (χ3v) is 4.96. The summed E-state index contributed by atoms with van der Waals surface area (Å²) in [5, 5.41) is 6.71. The summed E-state index contributed by atoms with van der Waals surface area (Å²) in [5.41, 5.74) is 0.310. The first-order valence-corrected chi connectivity index (χ1v) is 9.58. The van der Waals surface area contributed by atoms with Crippen LogP contribution in [0.15, 0.2) is 29.3 Å². The molecule has 0 heterocycles. The Morgan fingerprint density at radius 3 is 2.67 bits per heavy atom. The second-order valence-electron chi connectivity index (χ2n) is 6.81. The largest absolute Gasteiger partial charge is 0.492 e. The Balaban J connectivity index is 0.00000364. The van der Waals surface area contributed by atoms with E-state index in [-0.39, 0.29) is 29.8 Å². The summed E-state index contributed by atoms with van der Waals surface area (Å²) in [4.78, 5) is 4.28. The molecule has 0 atom stereocenters. The number of hydrogen-bond acceptors (Lipinski definition) is 3. The van der Waals surface area contributed by atoms with Crippen LogP contribution in [0.1, 0.15) is 39.0 Å². The van der Waals surface area contributed by atoms with E-state index in [9.17, 15) is 4.39 Å². The van der Waals surface area contributed by atoms with Crippen LogP contribution in [0.25, 0.3) is 0 Å². The minimum atomic E-state index is -0.290. The summed E-state index contributed by atoms with van der Waals surface area (Å²) in [5.74, 6) is 1.02. The van der Waals surface area contributed by atoms with Gasteiger partial charge in [-0.1, -0.05) is 18.9 Å². The molecule has 1 aromatic carbocycles. The van der Waals surface area contributed by atoms with Crippen molar-refractivity contribution >= 4 is 29.9 Å². The van der Waals surface area contributed by atoms with Crippen LogP contribution in [0.5, 0.6) is 5.75 Å². The zero-order valence-corrected chi connectivity index (χ0v) is 18.8. The Hall–Kier alpha value is -1.09. The first kappa shape index (κ1) is 23.9. The quantitative estimate of drug-likeness (QED) is 0.224. The monoisotopic (exact) mass is 493 g/mol. The molecule has 0 amide bonds. The Morgan fingerprint density at radius 2 is 2.00 bits per heavy atom. The molecule has 1 saturated carbocycles. The molecule has 0 spiro atoms. The fraction of sp³-hybridized carbons (Fsp3) is 0.650. The van der Waals surface area contributed by atoms with Crippen molar-refractivity contribution in [2.45, 2.75) is 39.0 Å². The Labute approximate surface area is 179 Å². The SMILES string of the molecule is CCOCCC1(CNC(=NC)NCCOc2cccc(F)c2)CCCC1.I. The van der Waals surface area contributed by atoms with Gasteiger partial charge in [0, 0.05) is 32.9 Å². The maximum atomic E-state index is 13.1. The van der Waals surface area contributed by atoms with Crippen LogP contribution < -0.4 is 15.4 Å². The maximum Gasteiger partial charge on any atom is 0.191 e. The fourth-order valence-corrected chi connectivity index (χ4v) is 3.46. The number of hydrogen-bond donors (Lipinski definition) is 2. The average Bonchev–Trinajstić information content (AvgIpc) is 3.10. The van der Waals surface area contributed by atoms with E-state index >= 15 is 0 Å². The van der Waals surface area contributed by atoms with Gasteiger partial charge in [-0.2, -0.15) is 0 Å². The number of ether oxygens (including phenoxy) is 2. The van der Waals surface area contributed by atoms with Gasteiger partial charge in [-0.25, -0.2) is 4.39 Å². The zero-order valence-electron chi connectivity index (χ0n) is 16.4. The topological polar surface area (TPSA) is 54.9 Å². The number of nitrogens with one attached hydrogen (secondary N) is 2. The molecule has 7 heteroatoms. The third kappa shape index (κ3) is 8.64. The maximum absolute atomic E-state index is 13.1. The lowest BCUT2D eigenvalue weighted by molar-refractivity contribution is 0.105. The first-order chi connectivity index (χ1) is 12.7. The van der Waals surface area contributed by atoms with E-state index in [4.69, 9.17) is 9.47 Å². The van der Waals surface area contributed by atoms with Gasteiger partial charge in [0.15, 0.2) is 5.96 Å². The summed E-state index contributed by atoms with van der Waals surface area (Å²) < 4.78 is 24.2. The van der Waals surface area contributed by atoms with E-state index < -0.39 is 0 Å². The fourth-order valence-electron chi connectivity index (χ4n) is 3.46. The number of guanidine groups is 1. The van der Waals surface area contributed by atoms with Gasteiger partial charge in [-0.15, -0.1) is 24.0 Å². The lowest BCUT2D eigenvalue weighted by atomic mass is 9.83. The summed E-state index contributed by atoms with van der Waals surface area (Å²) in [7, 11) is 1.77. The first-order valence-electron chi connectivity index (χ1n) is 9.58. The van der Waals surface area contributed by atoms with Crippen LogP contribution in [0.2, 0.25) is 0 Å². The van der Waals surface area contributed by atoms with Gasteiger partial charge in [0.05, 0.1) is 6.54 Å². The van der Waals surface area contributed by atoms with Crippen LogP contribution in [-0.2, 0) is 4.74 Å². The Kier molecular flexibility index (Phi) is 11.7. The van der Waals surface area contributed by atoms with Crippen LogP contribution >= 0.6 is 24.0 Å². The highest BCUT2D eigenvalue weighted by molar-refractivity contribution is 14.0. The molecule has 1 fully saturated rings. The number of benzene rings is 1. The molecule has 0 aromatic heterocycles. The van der Waals surface area contributed by atoms with Gasteiger partial charge in [0.25, 0.3) is 0 Å². The van der Waals surface area contributed by atoms with Crippen molar-refractivity contribution in [3.8, 4) is 5.75 Å². The molecule has 0 saturated heterocycles. The minimum absolute atomic E-state index is 0. The normalized spacial score (nSPS) is 15.9. The molecule has 1 aliphatic carbocycles. The molecular formula is C20H33FIN3O2. The van der Waals surface area contributed by atoms with Crippen molar-refractivity contribution in [3.05, 3.63) is 30.1 Å². The standard InChI is InChI=1S/C20H32FN3O2.HI/c1-3-25-13-11-20(9-4-5-10-20)16-24-19(22-2)23-12-14-26-18-8-6-7-17(21)15-18;/h6-8,15H,3-5,9-14,16H2,1-2H3,(H2,22,23,24);1H. The lowest BCUT2D eigenvalue weighted by Gasteiger charge is -2.30. The van der Waals surface area contributed by atoms with Gasteiger partial charge in [0.2, 0.25) is 0 Å². The Morgan fingerprint density at radius 1 is 1.22 bits per heavy atom. The van der Waals surface area contributed by atoms with Crippen molar-refractivity contribution < 1.29 is 13.9 Å². The van der Waals surface area contributed by atoms with Crippen molar-refractivity contribution in [1.82, 2.24) is 10.6 Å². The van der Waals surface area contributed by atoms with Gasteiger partial charge in [-0.05, 0) is 43.7 Å². The molecule has 0 bridgehead atoms. The number of nitrogens with zero attached hydrogens (tertiary/aromatic N) is 1. The summed E-state index contributed by atoms with van der Waals surface area (Å²) in [6, 6.07) is 6.18. The van der Waals surface area contributed by atoms with E-state index in [2.05, 4.69) is 15.6 Å². The molecule has 27 heavy (non-hydrogen) atoms. The molecule has 0 radical (unpaired) electrons. The molecule has 5 nitrogen and oxygen atoms in total. The van der Waals surface area contributed by atoms with Crippen LogP contribution in [0.4, 0.5) is 4.39 Å². The number of aliphatic imine (C=N–C) groups is 1. The van der Waals surface area contributed by atoms with Crippen LogP contribution in [0.3, 0.4) is 0 Å². The van der Waals surface area contributed by atoms with Crippen LogP contribution in [-0.4, -0.2) is 45.9 Å². The zero-order chi connectivity index (χ0) is 18.7. The van der Waals surface area contributed by atoms with Crippen molar-refractivity contribution in [3.63, 3.8) is 0 Å². The van der Waals surface area contributed by atoms with E-state index in [1.807, 2.05) is 6.92 Å². The van der Waals surface area contributed by atoms with Gasteiger partial charge < -0.3 is 20.1 Å². The average molecular weight is 493 g/mol. The van der Waals surface area contributed by atoms with Crippen LogP contribution in [0, 0.1) is 11.2 Å². The second kappa shape index (κ2) is 13.1. The van der Waals surface area contributed by atoms with E-state index in [1.165, 1.54) is 37.8 Å². The van der Waals surface area contributed by atoms with Gasteiger partial charge in [0.1, 0.15) is 18.2 Å². The van der Waals surface area contributed by atoms with Gasteiger partial charge in [-0.3, -0.25) is 4.99 Å².